The third kappa shape index (κ3) is 3.34. The lowest BCUT2D eigenvalue weighted by atomic mass is 10.1. The van der Waals surface area contributed by atoms with Gasteiger partial charge < -0.3 is 15.1 Å². The van der Waals surface area contributed by atoms with Crippen LogP contribution < -0.4 is 10.6 Å². The SMILES string of the molecule is NCC(c1cc(Br)c(Br)o1)N1CCN(c2nccs2)CC1. The summed E-state index contributed by atoms with van der Waals surface area (Å²) >= 11 is 8.53. The number of piperazine rings is 1. The van der Waals surface area contributed by atoms with Crippen molar-refractivity contribution in [2.75, 3.05) is 37.6 Å². The number of rotatable bonds is 4. The lowest BCUT2D eigenvalue weighted by molar-refractivity contribution is 0.168. The van der Waals surface area contributed by atoms with Crippen molar-refractivity contribution in [3.63, 3.8) is 0 Å². The average molecular weight is 436 g/mol. The van der Waals surface area contributed by atoms with Gasteiger partial charge in [-0.3, -0.25) is 4.90 Å². The summed E-state index contributed by atoms with van der Waals surface area (Å²) in [5, 5.41) is 3.12. The van der Waals surface area contributed by atoms with Crippen LogP contribution in [0.5, 0.6) is 0 Å². The minimum Gasteiger partial charge on any atom is -0.451 e. The molecule has 0 spiro atoms. The predicted molar refractivity (Wildman–Crippen MR) is 91.8 cm³/mol. The van der Waals surface area contributed by atoms with Gasteiger partial charge in [0.2, 0.25) is 0 Å². The molecule has 1 aliphatic heterocycles. The van der Waals surface area contributed by atoms with Crippen molar-refractivity contribution in [1.29, 1.82) is 0 Å². The predicted octanol–water partition coefficient (Wildman–Crippen LogP) is 3.08. The van der Waals surface area contributed by atoms with Gasteiger partial charge in [-0.05, 0) is 37.9 Å². The standard InChI is InChI=1S/C13H16Br2N4OS/c14-9-7-11(20-12(9)15)10(8-16)18-2-4-19(5-3-18)13-17-1-6-21-13/h1,6-7,10H,2-5,8,16H2. The van der Waals surface area contributed by atoms with E-state index in [1.54, 1.807) is 11.3 Å². The summed E-state index contributed by atoms with van der Waals surface area (Å²) in [4.78, 5) is 9.07. The van der Waals surface area contributed by atoms with Crippen LogP contribution in [0.2, 0.25) is 0 Å². The maximum atomic E-state index is 5.97. The van der Waals surface area contributed by atoms with Crippen LogP contribution in [0, 0.1) is 0 Å². The summed E-state index contributed by atoms with van der Waals surface area (Å²) in [7, 11) is 0. The highest BCUT2D eigenvalue weighted by Gasteiger charge is 2.27. The molecule has 1 aliphatic rings. The van der Waals surface area contributed by atoms with Crippen LogP contribution in [0.4, 0.5) is 5.13 Å². The summed E-state index contributed by atoms with van der Waals surface area (Å²) in [5.41, 5.74) is 5.97. The van der Waals surface area contributed by atoms with Gasteiger partial charge in [-0.1, -0.05) is 0 Å². The monoisotopic (exact) mass is 434 g/mol. The lowest BCUT2D eigenvalue weighted by Crippen LogP contribution is -2.49. The quantitative estimate of drug-likeness (QED) is 0.799. The Morgan fingerprint density at radius 3 is 2.62 bits per heavy atom. The first kappa shape index (κ1) is 15.5. The number of halogens is 2. The first-order valence-electron chi connectivity index (χ1n) is 6.72. The van der Waals surface area contributed by atoms with E-state index in [2.05, 4.69) is 46.6 Å². The number of anilines is 1. The van der Waals surface area contributed by atoms with Crippen molar-refractivity contribution >= 4 is 48.3 Å². The zero-order valence-electron chi connectivity index (χ0n) is 11.3. The van der Waals surface area contributed by atoms with Gasteiger partial charge in [0.25, 0.3) is 0 Å². The van der Waals surface area contributed by atoms with Crippen molar-refractivity contribution in [3.05, 3.63) is 32.5 Å². The minimum atomic E-state index is 0.117. The average Bonchev–Trinajstić information content (AvgIpc) is 3.12. The van der Waals surface area contributed by atoms with E-state index >= 15 is 0 Å². The number of nitrogens with zero attached hydrogens (tertiary/aromatic N) is 3. The number of hydrogen-bond donors (Lipinski definition) is 1. The number of aromatic nitrogens is 1. The Morgan fingerprint density at radius 1 is 1.33 bits per heavy atom. The lowest BCUT2D eigenvalue weighted by Gasteiger charge is -2.38. The van der Waals surface area contributed by atoms with E-state index in [9.17, 15) is 0 Å². The van der Waals surface area contributed by atoms with Crippen molar-refractivity contribution in [3.8, 4) is 0 Å². The molecule has 0 aliphatic carbocycles. The van der Waals surface area contributed by atoms with E-state index in [1.807, 2.05) is 17.6 Å². The first-order valence-corrected chi connectivity index (χ1v) is 9.19. The second-order valence-corrected chi connectivity index (χ2v) is 7.31. The molecule has 1 saturated heterocycles. The van der Waals surface area contributed by atoms with Gasteiger partial charge in [0.1, 0.15) is 5.76 Å². The molecule has 2 N–H and O–H groups in total. The molecule has 2 aromatic rings. The van der Waals surface area contributed by atoms with E-state index in [4.69, 9.17) is 10.2 Å². The van der Waals surface area contributed by atoms with Crippen LogP contribution >= 0.6 is 43.2 Å². The van der Waals surface area contributed by atoms with E-state index < -0.39 is 0 Å². The molecule has 1 unspecified atom stereocenters. The molecule has 1 atom stereocenters. The molecule has 3 rings (SSSR count). The van der Waals surface area contributed by atoms with Crippen LogP contribution in [0.15, 0.2) is 31.2 Å². The number of furan rings is 1. The highest BCUT2D eigenvalue weighted by molar-refractivity contribution is 9.13. The van der Waals surface area contributed by atoms with Gasteiger partial charge in [-0.2, -0.15) is 0 Å². The van der Waals surface area contributed by atoms with Crippen LogP contribution in [-0.4, -0.2) is 42.6 Å². The van der Waals surface area contributed by atoms with Gasteiger partial charge >= 0.3 is 0 Å². The summed E-state index contributed by atoms with van der Waals surface area (Å²) < 4.78 is 7.39. The van der Waals surface area contributed by atoms with Crippen molar-refractivity contribution in [2.24, 2.45) is 5.73 Å². The smallest absolute Gasteiger partial charge is 0.185 e. The molecule has 0 saturated carbocycles. The second kappa shape index (κ2) is 6.78. The molecular formula is C13H16Br2N4OS. The topological polar surface area (TPSA) is 58.5 Å². The Hall–Kier alpha value is -0.410. The molecule has 0 radical (unpaired) electrons. The van der Waals surface area contributed by atoms with Gasteiger partial charge in [-0.15, -0.1) is 11.3 Å². The fraction of sp³-hybridized carbons (Fsp3) is 0.462. The Kier molecular flexibility index (Phi) is 5.00. The van der Waals surface area contributed by atoms with Crippen LogP contribution in [-0.2, 0) is 0 Å². The van der Waals surface area contributed by atoms with E-state index in [0.717, 1.165) is 46.2 Å². The number of hydrogen-bond acceptors (Lipinski definition) is 6. The number of nitrogens with two attached hydrogens (primary N) is 1. The Bertz CT molecular complexity index is 562. The molecule has 3 heterocycles. The van der Waals surface area contributed by atoms with E-state index in [-0.39, 0.29) is 6.04 Å². The summed E-state index contributed by atoms with van der Waals surface area (Å²) in [6, 6.07) is 2.11. The summed E-state index contributed by atoms with van der Waals surface area (Å²) in [6.07, 6.45) is 1.85. The van der Waals surface area contributed by atoms with Crippen molar-refractivity contribution in [2.45, 2.75) is 6.04 Å². The second-order valence-electron chi connectivity index (χ2n) is 4.86. The molecule has 0 aromatic carbocycles. The van der Waals surface area contributed by atoms with Crippen molar-refractivity contribution < 1.29 is 4.42 Å². The third-order valence-corrected chi connectivity index (χ3v) is 6.20. The molecule has 0 bridgehead atoms. The van der Waals surface area contributed by atoms with Gasteiger partial charge in [0, 0.05) is 44.3 Å². The van der Waals surface area contributed by atoms with Gasteiger partial charge in [0.15, 0.2) is 9.80 Å². The normalized spacial score (nSPS) is 18.1. The number of thiazole rings is 1. The van der Waals surface area contributed by atoms with Gasteiger partial charge in [0.05, 0.1) is 10.5 Å². The summed E-state index contributed by atoms with van der Waals surface area (Å²) in [5.74, 6) is 0.902. The van der Waals surface area contributed by atoms with Gasteiger partial charge in [-0.25, -0.2) is 4.98 Å². The molecule has 8 heteroatoms. The van der Waals surface area contributed by atoms with Crippen LogP contribution in [0.1, 0.15) is 11.8 Å². The van der Waals surface area contributed by atoms with E-state index in [0.29, 0.717) is 6.54 Å². The Labute approximate surface area is 144 Å². The summed E-state index contributed by atoms with van der Waals surface area (Å²) in [6.45, 7) is 4.39. The Morgan fingerprint density at radius 2 is 2.10 bits per heavy atom. The molecule has 0 amide bonds. The van der Waals surface area contributed by atoms with E-state index in [1.165, 1.54) is 0 Å². The van der Waals surface area contributed by atoms with Crippen LogP contribution in [0.3, 0.4) is 0 Å². The fourth-order valence-electron chi connectivity index (χ4n) is 2.57. The molecular weight excluding hydrogens is 420 g/mol. The molecule has 2 aromatic heterocycles. The van der Waals surface area contributed by atoms with Crippen molar-refractivity contribution in [1.82, 2.24) is 9.88 Å². The largest absolute Gasteiger partial charge is 0.451 e. The molecule has 114 valence electrons. The minimum absolute atomic E-state index is 0.117. The molecule has 1 fully saturated rings. The van der Waals surface area contributed by atoms with Crippen LogP contribution in [0.25, 0.3) is 0 Å². The zero-order chi connectivity index (χ0) is 14.8. The molecule has 21 heavy (non-hydrogen) atoms. The highest BCUT2D eigenvalue weighted by Crippen LogP contribution is 2.32. The highest BCUT2D eigenvalue weighted by atomic mass is 79.9. The zero-order valence-corrected chi connectivity index (χ0v) is 15.3. The maximum Gasteiger partial charge on any atom is 0.185 e. The first-order chi connectivity index (χ1) is 10.2. The third-order valence-electron chi connectivity index (χ3n) is 3.66. The molecule has 5 nitrogen and oxygen atoms in total. The maximum absolute atomic E-state index is 5.97. The Balaban J connectivity index is 1.67. The fourth-order valence-corrected chi connectivity index (χ4v) is 3.87.